The Morgan fingerprint density at radius 1 is 0.609 bits per heavy atom. The fourth-order valence-electron chi connectivity index (χ4n) is 2.24. The van der Waals surface area contributed by atoms with Gasteiger partial charge in [-0.2, -0.15) is 0 Å². The lowest BCUT2D eigenvalue weighted by molar-refractivity contribution is 0.436. The zero-order valence-corrected chi connectivity index (χ0v) is 13.8. The summed E-state index contributed by atoms with van der Waals surface area (Å²) in [6.07, 6.45) is 4.44. The molecular weight excluding hydrogens is 292 g/mol. The van der Waals surface area contributed by atoms with Gasteiger partial charge in [-0.3, -0.25) is 0 Å². The normalized spacial score (nSPS) is 10.0. The lowest BCUT2D eigenvalue weighted by Gasteiger charge is -2.05. The predicted octanol–water partition coefficient (Wildman–Crippen LogP) is 4.49. The van der Waals surface area contributed by atoms with Crippen molar-refractivity contribution >= 4 is 0 Å². The average Bonchev–Trinajstić information content (AvgIpc) is 2.51. The number of hydrogen-bond acceptors (Lipinski definition) is 4. The van der Waals surface area contributed by atoms with Crippen LogP contribution in [-0.4, -0.2) is 20.4 Å². The summed E-state index contributed by atoms with van der Waals surface area (Å²) < 4.78 is 0. The Morgan fingerprint density at radius 2 is 1.00 bits per heavy atom. The van der Waals surface area contributed by atoms with Crippen LogP contribution in [0.1, 0.15) is 44.2 Å². The SMILES string of the molecule is CCCCc1c(O)cccc1O.CCCc1c(O)cccc1O. The van der Waals surface area contributed by atoms with Crippen LogP contribution in [-0.2, 0) is 12.8 Å². The molecule has 0 aliphatic heterocycles. The number of benzene rings is 2. The van der Waals surface area contributed by atoms with Crippen LogP contribution in [0.25, 0.3) is 0 Å². The maximum Gasteiger partial charge on any atom is 0.122 e. The molecule has 0 aromatic heterocycles. The Kier molecular flexibility index (Phi) is 7.81. The van der Waals surface area contributed by atoms with Crippen molar-refractivity contribution in [3.8, 4) is 23.0 Å². The van der Waals surface area contributed by atoms with Crippen LogP contribution < -0.4 is 0 Å². The van der Waals surface area contributed by atoms with Crippen molar-refractivity contribution in [1.82, 2.24) is 0 Å². The van der Waals surface area contributed by atoms with Gasteiger partial charge >= 0.3 is 0 Å². The van der Waals surface area contributed by atoms with E-state index in [2.05, 4.69) is 6.92 Å². The molecule has 0 fully saturated rings. The first-order valence-electron chi connectivity index (χ1n) is 8.00. The number of phenols is 4. The van der Waals surface area contributed by atoms with Crippen LogP contribution >= 0.6 is 0 Å². The van der Waals surface area contributed by atoms with E-state index in [0.29, 0.717) is 11.1 Å². The number of hydrogen-bond donors (Lipinski definition) is 4. The predicted molar refractivity (Wildman–Crippen MR) is 92.2 cm³/mol. The van der Waals surface area contributed by atoms with E-state index >= 15 is 0 Å². The van der Waals surface area contributed by atoms with Gasteiger partial charge in [0.15, 0.2) is 0 Å². The van der Waals surface area contributed by atoms with Gasteiger partial charge in [0, 0.05) is 11.1 Å². The summed E-state index contributed by atoms with van der Waals surface area (Å²) in [7, 11) is 0. The Bertz CT molecular complexity index is 568. The molecule has 0 bridgehead atoms. The van der Waals surface area contributed by atoms with Gasteiger partial charge in [-0.05, 0) is 43.5 Å². The Morgan fingerprint density at radius 3 is 1.35 bits per heavy atom. The van der Waals surface area contributed by atoms with E-state index < -0.39 is 0 Å². The topological polar surface area (TPSA) is 80.9 Å². The molecule has 2 rings (SSSR count). The molecule has 4 nitrogen and oxygen atoms in total. The van der Waals surface area contributed by atoms with Gasteiger partial charge in [-0.15, -0.1) is 0 Å². The molecule has 0 aliphatic rings. The van der Waals surface area contributed by atoms with Crippen LogP contribution in [0.3, 0.4) is 0 Å². The average molecular weight is 318 g/mol. The van der Waals surface area contributed by atoms with Crippen molar-refractivity contribution in [2.45, 2.75) is 46.0 Å². The summed E-state index contributed by atoms with van der Waals surface area (Å²) in [6.45, 7) is 4.09. The Balaban J connectivity index is 0.000000231. The van der Waals surface area contributed by atoms with Gasteiger partial charge in [0.2, 0.25) is 0 Å². The summed E-state index contributed by atoms with van der Waals surface area (Å²) in [4.78, 5) is 0. The minimum Gasteiger partial charge on any atom is -0.508 e. The number of phenolic OH excluding ortho intramolecular Hbond substituents is 4. The molecule has 0 radical (unpaired) electrons. The smallest absolute Gasteiger partial charge is 0.122 e. The van der Waals surface area contributed by atoms with Crippen LogP contribution in [0.15, 0.2) is 36.4 Å². The van der Waals surface area contributed by atoms with E-state index in [1.807, 2.05) is 6.92 Å². The molecule has 0 aliphatic carbocycles. The zero-order valence-electron chi connectivity index (χ0n) is 13.8. The molecule has 126 valence electrons. The minimum atomic E-state index is 0.187. The first-order chi connectivity index (χ1) is 11.0. The molecule has 0 unspecified atom stereocenters. The summed E-state index contributed by atoms with van der Waals surface area (Å²) in [5.74, 6) is 0.769. The second-order valence-corrected chi connectivity index (χ2v) is 5.40. The van der Waals surface area contributed by atoms with Crippen molar-refractivity contribution in [1.29, 1.82) is 0 Å². The van der Waals surface area contributed by atoms with Gasteiger partial charge < -0.3 is 20.4 Å². The van der Waals surface area contributed by atoms with Crippen LogP contribution in [0.2, 0.25) is 0 Å². The lowest BCUT2D eigenvalue weighted by Crippen LogP contribution is -1.86. The first kappa shape index (κ1) is 18.7. The van der Waals surface area contributed by atoms with E-state index in [0.717, 1.165) is 32.1 Å². The number of rotatable bonds is 5. The molecule has 2 aromatic carbocycles. The molecule has 0 amide bonds. The summed E-state index contributed by atoms with van der Waals surface area (Å²) in [5.41, 5.74) is 1.31. The highest BCUT2D eigenvalue weighted by molar-refractivity contribution is 5.43. The molecule has 0 heterocycles. The lowest BCUT2D eigenvalue weighted by atomic mass is 10.1. The Labute approximate surface area is 137 Å². The maximum absolute atomic E-state index is 9.36. The van der Waals surface area contributed by atoms with Crippen molar-refractivity contribution in [3.05, 3.63) is 47.5 Å². The molecule has 4 N–H and O–H groups in total. The highest BCUT2D eigenvalue weighted by atomic mass is 16.3. The minimum absolute atomic E-state index is 0.187. The van der Waals surface area contributed by atoms with Crippen molar-refractivity contribution in [3.63, 3.8) is 0 Å². The van der Waals surface area contributed by atoms with Crippen molar-refractivity contribution in [2.75, 3.05) is 0 Å². The van der Waals surface area contributed by atoms with Gasteiger partial charge in [-0.25, -0.2) is 0 Å². The highest BCUT2D eigenvalue weighted by Gasteiger charge is 2.05. The second-order valence-electron chi connectivity index (χ2n) is 5.40. The van der Waals surface area contributed by atoms with Gasteiger partial charge in [0.05, 0.1) is 0 Å². The fraction of sp³-hybridized carbons (Fsp3) is 0.368. The van der Waals surface area contributed by atoms with Crippen LogP contribution in [0.4, 0.5) is 0 Å². The van der Waals surface area contributed by atoms with Gasteiger partial charge in [-0.1, -0.05) is 38.8 Å². The first-order valence-corrected chi connectivity index (χ1v) is 8.00. The summed E-state index contributed by atoms with van der Waals surface area (Å²) in [6, 6.07) is 9.65. The molecular formula is C19H26O4. The molecule has 0 spiro atoms. The largest absolute Gasteiger partial charge is 0.508 e. The molecule has 0 saturated heterocycles. The molecule has 23 heavy (non-hydrogen) atoms. The third kappa shape index (κ3) is 5.74. The van der Waals surface area contributed by atoms with E-state index in [9.17, 15) is 20.4 Å². The molecule has 0 atom stereocenters. The zero-order chi connectivity index (χ0) is 17.2. The molecule has 4 heteroatoms. The van der Waals surface area contributed by atoms with E-state index in [-0.39, 0.29) is 23.0 Å². The standard InChI is InChI=1S/C10H14O2.C9H12O2/c1-2-3-5-8-9(11)6-4-7-10(8)12;1-2-4-7-8(10)5-3-6-9(7)11/h4,6-7,11-12H,2-3,5H2,1H3;3,5-6,10-11H,2,4H2,1H3. The third-order valence-electron chi connectivity index (χ3n) is 3.53. The van der Waals surface area contributed by atoms with E-state index in [1.165, 1.54) is 0 Å². The van der Waals surface area contributed by atoms with Crippen LogP contribution in [0.5, 0.6) is 23.0 Å². The third-order valence-corrected chi connectivity index (χ3v) is 3.53. The highest BCUT2D eigenvalue weighted by Crippen LogP contribution is 2.28. The maximum atomic E-state index is 9.36. The summed E-state index contributed by atoms with van der Waals surface area (Å²) >= 11 is 0. The number of aromatic hydroxyl groups is 4. The molecule has 0 saturated carbocycles. The van der Waals surface area contributed by atoms with Gasteiger partial charge in [0.1, 0.15) is 23.0 Å². The van der Waals surface area contributed by atoms with E-state index in [4.69, 9.17) is 0 Å². The fourth-order valence-corrected chi connectivity index (χ4v) is 2.24. The van der Waals surface area contributed by atoms with E-state index in [1.54, 1.807) is 36.4 Å². The Hall–Kier alpha value is -2.36. The molecule has 2 aromatic rings. The monoisotopic (exact) mass is 318 g/mol. The second kappa shape index (κ2) is 9.62. The summed E-state index contributed by atoms with van der Waals surface area (Å²) in [5, 5.41) is 37.2. The number of unbranched alkanes of at least 4 members (excludes halogenated alkanes) is 1. The van der Waals surface area contributed by atoms with Gasteiger partial charge in [0.25, 0.3) is 0 Å². The van der Waals surface area contributed by atoms with Crippen LogP contribution in [0, 0.1) is 0 Å². The van der Waals surface area contributed by atoms with Crippen molar-refractivity contribution < 1.29 is 20.4 Å². The quantitative estimate of drug-likeness (QED) is 0.655. The van der Waals surface area contributed by atoms with Crippen molar-refractivity contribution in [2.24, 2.45) is 0 Å².